The first kappa shape index (κ1) is 14.1. The summed E-state index contributed by atoms with van der Waals surface area (Å²) in [5.74, 6) is 0. The quantitative estimate of drug-likeness (QED) is 0.823. The van der Waals surface area contributed by atoms with Gasteiger partial charge in [0.05, 0.1) is 10.0 Å². The second kappa shape index (κ2) is 5.58. The lowest BCUT2D eigenvalue weighted by Gasteiger charge is -2.03. The van der Waals surface area contributed by atoms with Gasteiger partial charge >= 0.3 is 6.18 Å². The number of hydrogen-bond acceptors (Lipinski definition) is 1. The van der Waals surface area contributed by atoms with Crippen LogP contribution in [0, 0.1) is 11.3 Å². The SMILES string of the molecule is CCCCCc1[nH]c(C(F)(F)F)c(Br)c1C#N. The van der Waals surface area contributed by atoms with E-state index >= 15 is 0 Å². The third-order valence-electron chi connectivity index (χ3n) is 2.44. The van der Waals surface area contributed by atoms with Gasteiger partial charge in [-0.2, -0.15) is 18.4 Å². The molecule has 1 N–H and O–H groups in total. The van der Waals surface area contributed by atoms with E-state index in [1.807, 2.05) is 6.92 Å². The van der Waals surface area contributed by atoms with Gasteiger partial charge in [0.25, 0.3) is 0 Å². The summed E-state index contributed by atoms with van der Waals surface area (Å²) in [5.41, 5.74) is -0.450. The molecule has 1 heterocycles. The highest BCUT2D eigenvalue weighted by Crippen LogP contribution is 2.37. The van der Waals surface area contributed by atoms with Crippen LogP contribution in [0.15, 0.2) is 4.47 Å². The Kier molecular flexibility index (Phi) is 4.63. The number of nitrogens with zero attached hydrogens (tertiary/aromatic N) is 1. The molecule has 0 fully saturated rings. The number of alkyl halides is 3. The molecule has 0 bridgehead atoms. The van der Waals surface area contributed by atoms with Crippen LogP contribution in [0.5, 0.6) is 0 Å². The standard InChI is InChI=1S/C11H12BrF3N2/c1-2-3-4-5-8-7(6-16)9(12)10(17-8)11(13,14)15/h17H,2-5H2,1H3. The van der Waals surface area contributed by atoms with E-state index in [2.05, 4.69) is 20.9 Å². The molecule has 94 valence electrons. The van der Waals surface area contributed by atoms with Crippen molar-refractivity contribution in [3.05, 3.63) is 21.4 Å². The summed E-state index contributed by atoms with van der Waals surface area (Å²) in [6, 6.07) is 1.81. The van der Waals surface area contributed by atoms with Crippen molar-refractivity contribution < 1.29 is 13.2 Å². The maximum absolute atomic E-state index is 12.6. The zero-order valence-electron chi connectivity index (χ0n) is 9.29. The number of nitrogens with one attached hydrogen (secondary N) is 1. The van der Waals surface area contributed by atoms with Crippen molar-refractivity contribution in [2.75, 3.05) is 0 Å². The van der Waals surface area contributed by atoms with Gasteiger partial charge in [0.15, 0.2) is 0 Å². The molecule has 6 heteroatoms. The monoisotopic (exact) mass is 308 g/mol. The molecule has 0 aliphatic carbocycles. The van der Waals surface area contributed by atoms with E-state index in [-0.39, 0.29) is 10.0 Å². The molecule has 0 radical (unpaired) electrons. The minimum absolute atomic E-state index is 0.0634. The fourth-order valence-electron chi connectivity index (χ4n) is 1.58. The molecule has 0 aromatic carbocycles. The molecule has 0 unspecified atom stereocenters. The van der Waals surface area contributed by atoms with E-state index in [0.29, 0.717) is 12.1 Å². The molecule has 1 aromatic rings. The van der Waals surface area contributed by atoms with Gasteiger partial charge in [-0.3, -0.25) is 0 Å². The van der Waals surface area contributed by atoms with Gasteiger partial charge < -0.3 is 4.98 Å². The summed E-state index contributed by atoms with van der Waals surface area (Å²) in [6.45, 7) is 2.01. The minimum Gasteiger partial charge on any atom is -0.353 e. The van der Waals surface area contributed by atoms with Crippen LogP contribution in [0.1, 0.15) is 43.1 Å². The number of nitriles is 1. The molecule has 0 saturated heterocycles. The lowest BCUT2D eigenvalue weighted by Crippen LogP contribution is -2.06. The highest BCUT2D eigenvalue weighted by molar-refractivity contribution is 9.10. The number of unbranched alkanes of at least 4 members (excludes halogenated alkanes) is 2. The van der Waals surface area contributed by atoms with Gasteiger partial charge in [-0.05, 0) is 28.8 Å². The van der Waals surface area contributed by atoms with Crippen molar-refractivity contribution in [1.29, 1.82) is 5.26 Å². The molecule has 0 spiro atoms. The maximum Gasteiger partial charge on any atom is 0.432 e. The van der Waals surface area contributed by atoms with Crippen LogP contribution >= 0.6 is 15.9 Å². The molecular formula is C11H12BrF3N2. The van der Waals surface area contributed by atoms with E-state index in [4.69, 9.17) is 5.26 Å². The first-order valence-electron chi connectivity index (χ1n) is 5.29. The third-order valence-corrected chi connectivity index (χ3v) is 3.24. The number of aryl methyl sites for hydroxylation is 1. The predicted molar refractivity (Wildman–Crippen MR) is 61.4 cm³/mol. The van der Waals surface area contributed by atoms with Gasteiger partial charge in [0.1, 0.15) is 11.8 Å². The van der Waals surface area contributed by atoms with Gasteiger partial charge in [0, 0.05) is 5.69 Å². The van der Waals surface area contributed by atoms with Gasteiger partial charge in [-0.15, -0.1) is 0 Å². The number of halogens is 4. The zero-order chi connectivity index (χ0) is 13.1. The highest BCUT2D eigenvalue weighted by Gasteiger charge is 2.37. The van der Waals surface area contributed by atoms with Gasteiger partial charge in [-0.1, -0.05) is 19.8 Å². The lowest BCUT2D eigenvalue weighted by molar-refractivity contribution is -0.141. The summed E-state index contributed by atoms with van der Waals surface area (Å²) >= 11 is 2.83. The van der Waals surface area contributed by atoms with E-state index < -0.39 is 11.9 Å². The predicted octanol–water partition coefficient (Wildman–Crippen LogP) is 4.40. The van der Waals surface area contributed by atoms with Crippen LogP contribution in [-0.4, -0.2) is 4.98 Å². The smallest absolute Gasteiger partial charge is 0.353 e. The molecule has 2 nitrogen and oxygen atoms in total. The summed E-state index contributed by atoms with van der Waals surface area (Å²) in [5, 5.41) is 8.87. The van der Waals surface area contributed by atoms with E-state index in [1.54, 1.807) is 6.07 Å². The third kappa shape index (κ3) is 3.25. The fourth-order valence-corrected chi connectivity index (χ4v) is 2.23. The number of aromatic amines is 1. The largest absolute Gasteiger partial charge is 0.432 e. The first-order chi connectivity index (χ1) is 7.91. The van der Waals surface area contributed by atoms with Crippen LogP contribution in [0.4, 0.5) is 13.2 Å². The number of hydrogen-bond donors (Lipinski definition) is 1. The van der Waals surface area contributed by atoms with Crippen molar-refractivity contribution >= 4 is 15.9 Å². The van der Waals surface area contributed by atoms with Crippen molar-refractivity contribution in [1.82, 2.24) is 4.98 Å². The summed E-state index contributed by atoms with van der Waals surface area (Å²) in [7, 11) is 0. The normalized spacial score (nSPS) is 11.5. The minimum atomic E-state index is -4.46. The average molecular weight is 309 g/mol. The van der Waals surface area contributed by atoms with Crippen LogP contribution in [-0.2, 0) is 12.6 Å². The summed E-state index contributed by atoms with van der Waals surface area (Å²) in [4.78, 5) is 2.31. The molecule has 0 atom stereocenters. The Hall–Kier alpha value is -0.960. The Morgan fingerprint density at radius 2 is 2.00 bits per heavy atom. The van der Waals surface area contributed by atoms with Crippen molar-refractivity contribution in [3.63, 3.8) is 0 Å². The molecule has 0 saturated carbocycles. The summed E-state index contributed by atoms with van der Waals surface area (Å²) < 4.78 is 37.6. The summed E-state index contributed by atoms with van der Waals surface area (Å²) in [6.07, 6.45) is -1.31. The lowest BCUT2D eigenvalue weighted by atomic mass is 10.1. The van der Waals surface area contributed by atoms with Crippen LogP contribution in [0.3, 0.4) is 0 Å². The van der Waals surface area contributed by atoms with E-state index in [0.717, 1.165) is 19.3 Å². The Balaban J connectivity index is 3.03. The second-order valence-corrected chi connectivity index (χ2v) is 4.53. The van der Waals surface area contributed by atoms with Crippen LogP contribution in [0.25, 0.3) is 0 Å². The molecule has 0 aliphatic rings. The Bertz CT molecular complexity index is 429. The van der Waals surface area contributed by atoms with Crippen molar-refractivity contribution in [3.8, 4) is 6.07 Å². The number of aromatic nitrogens is 1. The second-order valence-electron chi connectivity index (χ2n) is 3.73. The molecule has 1 rings (SSSR count). The number of rotatable bonds is 4. The number of H-pyrrole nitrogens is 1. The zero-order valence-corrected chi connectivity index (χ0v) is 10.9. The van der Waals surface area contributed by atoms with Gasteiger partial charge in [-0.25, -0.2) is 0 Å². The average Bonchev–Trinajstić information content (AvgIpc) is 2.55. The Labute approximate surface area is 106 Å². The van der Waals surface area contributed by atoms with Crippen molar-refractivity contribution in [2.45, 2.75) is 38.8 Å². The highest BCUT2D eigenvalue weighted by atomic mass is 79.9. The van der Waals surface area contributed by atoms with Crippen LogP contribution in [0.2, 0.25) is 0 Å². The molecule has 1 aromatic heterocycles. The fraction of sp³-hybridized carbons (Fsp3) is 0.545. The van der Waals surface area contributed by atoms with Crippen LogP contribution < -0.4 is 0 Å². The first-order valence-corrected chi connectivity index (χ1v) is 6.08. The Morgan fingerprint density at radius 3 is 2.47 bits per heavy atom. The molecular weight excluding hydrogens is 297 g/mol. The molecule has 17 heavy (non-hydrogen) atoms. The maximum atomic E-state index is 12.6. The van der Waals surface area contributed by atoms with Crippen molar-refractivity contribution in [2.24, 2.45) is 0 Å². The Morgan fingerprint density at radius 1 is 1.35 bits per heavy atom. The molecule has 0 aliphatic heterocycles. The van der Waals surface area contributed by atoms with E-state index in [1.165, 1.54) is 0 Å². The topological polar surface area (TPSA) is 39.6 Å². The molecule has 0 amide bonds. The van der Waals surface area contributed by atoms with E-state index in [9.17, 15) is 13.2 Å². The van der Waals surface area contributed by atoms with Gasteiger partial charge in [0.2, 0.25) is 0 Å².